The Morgan fingerprint density at radius 2 is 2.61 bits per heavy atom. The molecule has 100 valence electrons. The summed E-state index contributed by atoms with van der Waals surface area (Å²) in [6.07, 6.45) is 0.587. The first-order chi connectivity index (χ1) is 8.71. The van der Waals surface area contributed by atoms with Gasteiger partial charge in [0, 0.05) is 24.5 Å². The lowest BCUT2D eigenvalue weighted by atomic mass is 10.3. The van der Waals surface area contributed by atoms with Gasteiger partial charge in [-0.25, -0.2) is 9.78 Å². The molecular weight excluding hydrogens is 274 g/mol. The number of alkyl carbamates (subject to hydrolysis) is 1. The highest BCUT2D eigenvalue weighted by atomic mass is 35.5. The van der Waals surface area contributed by atoms with Crippen LogP contribution < -0.4 is 5.32 Å². The topological polar surface area (TPSA) is 54.5 Å². The van der Waals surface area contributed by atoms with E-state index in [4.69, 9.17) is 11.6 Å². The van der Waals surface area contributed by atoms with Crippen molar-refractivity contribution in [2.45, 2.75) is 24.9 Å². The summed E-state index contributed by atoms with van der Waals surface area (Å²) in [5.41, 5.74) is 0.931. The molecule has 1 fully saturated rings. The smallest absolute Gasteiger partial charge is 0.407 e. The normalized spacial score (nSPS) is 20.0. The molecule has 18 heavy (non-hydrogen) atoms. The third-order valence-electron chi connectivity index (χ3n) is 2.87. The van der Waals surface area contributed by atoms with Crippen LogP contribution in [0.3, 0.4) is 0 Å². The van der Waals surface area contributed by atoms with Gasteiger partial charge in [-0.2, -0.15) is 0 Å². The molecule has 2 rings (SSSR count). The van der Waals surface area contributed by atoms with E-state index in [0.717, 1.165) is 36.8 Å². The van der Waals surface area contributed by atoms with Crippen molar-refractivity contribution in [3.05, 3.63) is 16.1 Å². The van der Waals surface area contributed by atoms with Gasteiger partial charge in [-0.1, -0.05) is 0 Å². The Kier molecular flexibility index (Phi) is 4.79. The Morgan fingerprint density at radius 1 is 1.78 bits per heavy atom. The first kappa shape index (κ1) is 13.6. The van der Waals surface area contributed by atoms with E-state index < -0.39 is 0 Å². The van der Waals surface area contributed by atoms with Gasteiger partial charge in [-0.15, -0.1) is 22.9 Å². The SMILES string of the molecule is COC(=O)NC1CCN(Cc2nc(CCl)cs2)C1. The lowest BCUT2D eigenvalue weighted by Gasteiger charge is -2.14. The molecule has 1 N–H and O–H groups in total. The average molecular weight is 290 g/mol. The molecule has 1 saturated heterocycles. The fourth-order valence-electron chi connectivity index (χ4n) is 1.99. The minimum atomic E-state index is -0.361. The molecule has 1 aromatic rings. The molecule has 1 amide bonds. The van der Waals surface area contributed by atoms with Gasteiger partial charge in [0.1, 0.15) is 5.01 Å². The lowest BCUT2D eigenvalue weighted by molar-refractivity contribution is 0.166. The summed E-state index contributed by atoms with van der Waals surface area (Å²) in [6, 6.07) is 0.171. The number of carbonyl (C=O) groups is 1. The van der Waals surface area contributed by atoms with Gasteiger partial charge in [-0.3, -0.25) is 4.90 Å². The number of carbonyl (C=O) groups excluding carboxylic acids is 1. The molecule has 2 heterocycles. The highest BCUT2D eigenvalue weighted by Gasteiger charge is 2.24. The number of nitrogens with one attached hydrogen (secondary N) is 1. The first-order valence-electron chi connectivity index (χ1n) is 5.77. The van der Waals surface area contributed by atoms with Crippen molar-refractivity contribution < 1.29 is 9.53 Å². The second-order valence-electron chi connectivity index (χ2n) is 4.22. The minimum absolute atomic E-state index is 0.171. The second kappa shape index (κ2) is 6.36. The third kappa shape index (κ3) is 3.57. The van der Waals surface area contributed by atoms with E-state index in [1.165, 1.54) is 7.11 Å². The Morgan fingerprint density at radius 3 is 3.28 bits per heavy atom. The van der Waals surface area contributed by atoms with E-state index in [-0.39, 0.29) is 12.1 Å². The number of hydrogen-bond acceptors (Lipinski definition) is 5. The van der Waals surface area contributed by atoms with E-state index in [1.54, 1.807) is 11.3 Å². The Balaban J connectivity index is 1.80. The molecule has 0 aliphatic carbocycles. The first-order valence-corrected chi connectivity index (χ1v) is 7.18. The number of likely N-dealkylation sites (tertiary alicyclic amines) is 1. The summed E-state index contributed by atoms with van der Waals surface area (Å²) in [6.45, 7) is 2.62. The molecule has 1 aliphatic heterocycles. The Hall–Kier alpha value is -0.850. The second-order valence-corrected chi connectivity index (χ2v) is 5.43. The number of nitrogens with zero attached hydrogens (tertiary/aromatic N) is 2. The Labute approximate surface area is 115 Å². The molecule has 1 unspecified atom stereocenters. The molecule has 0 bridgehead atoms. The van der Waals surface area contributed by atoms with Gasteiger partial charge in [0.05, 0.1) is 25.2 Å². The lowest BCUT2D eigenvalue weighted by Crippen LogP contribution is -2.36. The number of hydrogen-bond donors (Lipinski definition) is 1. The maximum atomic E-state index is 11.1. The quantitative estimate of drug-likeness (QED) is 0.859. The van der Waals surface area contributed by atoms with Crippen LogP contribution in [-0.2, 0) is 17.2 Å². The van der Waals surface area contributed by atoms with Crippen LogP contribution in [-0.4, -0.2) is 42.2 Å². The number of methoxy groups -OCH3 is 1. The van der Waals surface area contributed by atoms with Crippen LogP contribution in [0.4, 0.5) is 4.79 Å². The van der Waals surface area contributed by atoms with E-state index in [9.17, 15) is 4.79 Å². The zero-order chi connectivity index (χ0) is 13.0. The zero-order valence-electron chi connectivity index (χ0n) is 10.2. The van der Waals surface area contributed by atoms with Crippen LogP contribution >= 0.6 is 22.9 Å². The van der Waals surface area contributed by atoms with Gasteiger partial charge in [0.25, 0.3) is 0 Å². The molecule has 1 aromatic heterocycles. The molecule has 0 aromatic carbocycles. The number of amides is 1. The van der Waals surface area contributed by atoms with E-state index in [2.05, 4.69) is 19.9 Å². The van der Waals surface area contributed by atoms with Crippen LogP contribution in [0, 0.1) is 0 Å². The van der Waals surface area contributed by atoms with E-state index >= 15 is 0 Å². The van der Waals surface area contributed by atoms with Crippen LogP contribution in [0.1, 0.15) is 17.1 Å². The van der Waals surface area contributed by atoms with Crippen molar-refractivity contribution in [1.29, 1.82) is 0 Å². The fourth-order valence-corrected chi connectivity index (χ4v) is 3.06. The van der Waals surface area contributed by atoms with Crippen molar-refractivity contribution in [3.63, 3.8) is 0 Å². The maximum absolute atomic E-state index is 11.1. The summed E-state index contributed by atoms with van der Waals surface area (Å²) in [5, 5.41) is 5.88. The largest absolute Gasteiger partial charge is 0.453 e. The standard InChI is InChI=1S/C11H16ClN3O2S/c1-17-11(16)14-8-2-3-15(5-8)6-10-13-9(4-12)7-18-10/h7-8H,2-6H2,1H3,(H,14,16). The van der Waals surface area contributed by atoms with Crippen molar-refractivity contribution in [2.24, 2.45) is 0 Å². The number of halogens is 1. The number of alkyl halides is 1. The summed E-state index contributed by atoms with van der Waals surface area (Å²) in [4.78, 5) is 17.8. The van der Waals surface area contributed by atoms with Gasteiger partial charge >= 0.3 is 6.09 Å². The number of aromatic nitrogens is 1. The van der Waals surface area contributed by atoms with E-state index in [0.29, 0.717) is 5.88 Å². The van der Waals surface area contributed by atoms with Gasteiger partial charge in [-0.05, 0) is 6.42 Å². The summed E-state index contributed by atoms with van der Waals surface area (Å²) in [5.74, 6) is 0.461. The molecule has 1 atom stereocenters. The van der Waals surface area contributed by atoms with Gasteiger partial charge in [0.2, 0.25) is 0 Å². The fraction of sp³-hybridized carbons (Fsp3) is 0.636. The zero-order valence-corrected chi connectivity index (χ0v) is 11.8. The van der Waals surface area contributed by atoms with Crippen molar-refractivity contribution >= 4 is 29.0 Å². The van der Waals surface area contributed by atoms with Gasteiger partial charge < -0.3 is 10.1 Å². The minimum Gasteiger partial charge on any atom is -0.453 e. The molecular formula is C11H16ClN3O2S. The molecule has 7 heteroatoms. The highest BCUT2D eigenvalue weighted by Crippen LogP contribution is 2.17. The van der Waals surface area contributed by atoms with Gasteiger partial charge in [0.15, 0.2) is 0 Å². The third-order valence-corrected chi connectivity index (χ3v) is 4.03. The van der Waals surface area contributed by atoms with Crippen LogP contribution in [0.25, 0.3) is 0 Å². The van der Waals surface area contributed by atoms with Crippen molar-refractivity contribution in [1.82, 2.24) is 15.2 Å². The maximum Gasteiger partial charge on any atom is 0.407 e. The average Bonchev–Trinajstić information content (AvgIpc) is 2.99. The number of thiazole rings is 1. The molecule has 5 nitrogen and oxygen atoms in total. The predicted molar refractivity (Wildman–Crippen MR) is 70.9 cm³/mol. The highest BCUT2D eigenvalue weighted by molar-refractivity contribution is 7.09. The molecule has 0 saturated carbocycles. The number of ether oxygens (including phenoxy) is 1. The molecule has 1 aliphatic rings. The molecule has 0 spiro atoms. The predicted octanol–water partition coefficient (Wildman–Crippen LogP) is 1.81. The summed E-state index contributed by atoms with van der Waals surface area (Å²) >= 11 is 7.35. The van der Waals surface area contributed by atoms with Crippen molar-refractivity contribution in [3.8, 4) is 0 Å². The summed E-state index contributed by atoms with van der Waals surface area (Å²) in [7, 11) is 1.38. The summed E-state index contributed by atoms with van der Waals surface area (Å²) < 4.78 is 4.59. The van der Waals surface area contributed by atoms with Crippen LogP contribution in [0.15, 0.2) is 5.38 Å². The van der Waals surface area contributed by atoms with Crippen LogP contribution in [0.2, 0.25) is 0 Å². The van der Waals surface area contributed by atoms with Crippen LogP contribution in [0.5, 0.6) is 0 Å². The van der Waals surface area contributed by atoms with E-state index in [1.807, 2.05) is 5.38 Å². The Bertz CT molecular complexity index is 413. The van der Waals surface area contributed by atoms with Crippen molar-refractivity contribution in [2.75, 3.05) is 20.2 Å². The molecule has 0 radical (unpaired) electrons. The monoisotopic (exact) mass is 289 g/mol. The number of rotatable bonds is 4.